The molecule has 0 fully saturated rings. The van der Waals surface area contributed by atoms with Crippen LogP contribution < -0.4 is 4.74 Å². The molecule has 1 aromatic rings. The van der Waals surface area contributed by atoms with E-state index in [2.05, 4.69) is 0 Å². The summed E-state index contributed by atoms with van der Waals surface area (Å²) in [7, 11) is 0. The lowest BCUT2D eigenvalue weighted by Gasteiger charge is -2.29. The quantitative estimate of drug-likeness (QED) is 0.811. The van der Waals surface area contributed by atoms with Gasteiger partial charge in [-0.05, 0) is 43.0 Å². The van der Waals surface area contributed by atoms with Gasteiger partial charge in [-0.3, -0.25) is 0 Å². The molecule has 0 aromatic heterocycles. The summed E-state index contributed by atoms with van der Waals surface area (Å²) < 4.78 is 18.5. The van der Waals surface area contributed by atoms with Gasteiger partial charge in [-0.2, -0.15) is 0 Å². The number of hydrogen-bond donors (Lipinski definition) is 1. The van der Waals surface area contributed by atoms with Crippen LogP contribution >= 0.6 is 0 Å². The van der Waals surface area contributed by atoms with Crippen molar-refractivity contribution < 1.29 is 14.2 Å². The van der Waals surface area contributed by atoms with E-state index in [1.165, 1.54) is 12.1 Å². The number of fused-ring (bicyclic) bond motifs is 1. The van der Waals surface area contributed by atoms with Gasteiger partial charge in [-0.25, -0.2) is 4.39 Å². The summed E-state index contributed by atoms with van der Waals surface area (Å²) in [5.74, 6) is 0.479. The highest BCUT2D eigenvalue weighted by atomic mass is 19.1. The van der Waals surface area contributed by atoms with Crippen molar-refractivity contribution in [3.8, 4) is 5.75 Å². The minimum absolute atomic E-state index is 0.145. The third kappa shape index (κ3) is 2.12. The minimum Gasteiger partial charge on any atom is -0.487 e. The van der Waals surface area contributed by atoms with Gasteiger partial charge in [-0.1, -0.05) is 6.92 Å². The third-order valence-corrected chi connectivity index (χ3v) is 2.85. The van der Waals surface area contributed by atoms with Crippen molar-refractivity contribution in [3.05, 3.63) is 29.6 Å². The van der Waals surface area contributed by atoms with Gasteiger partial charge >= 0.3 is 0 Å². The molecule has 1 unspecified atom stereocenters. The summed E-state index contributed by atoms with van der Waals surface area (Å²) in [6.45, 7) is 1.92. The van der Waals surface area contributed by atoms with Crippen LogP contribution in [0.25, 0.3) is 0 Å². The third-order valence-electron chi connectivity index (χ3n) is 2.85. The van der Waals surface area contributed by atoms with Crippen LogP contribution in [0.3, 0.4) is 0 Å². The fourth-order valence-corrected chi connectivity index (χ4v) is 1.91. The van der Waals surface area contributed by atoms with Crippen LogP contribution in [-0.4, -0.2) is 17.3 Å². The van der Waals surface area contributed by atoms with E-state index in [-0.39, 0.29) is 11.9 Å². The standard InChI is InChI=1S/C12H15FO2/c1-2-10(14)12-5-3-8-7-9(13)4-6-11(8)15-12/h4,6-7,10,12,14H,2-3,5H2,1H3/t10-,12?/m1/s1. The smallest absolute Gasteiger partial charge is 0.125 e. The molecule has 1 N–H and O–H groups in total. The molecule has 82 valence electrons. The Labute approximate surface area is 88.7 Å². The molecule has 0 saturated carbocycles. The predicted octanol–water partition coefficient (Wildman–Crippen LogP) is 2.29. The van der Waals surface area contributed by atoms with Gasteiger partial charge < -0.3 is 9.84 Å². The summed E-state index contributed by atoms with van der Waals surface area (Å²) in [5, 5.41) is 9.66. The van der Waals surface area contributed by atoms with Crippen molar-refractivity contribution in [1.82, 2.24) is 0 Å². The Morgan fingerprint density at radius 3 is 3.13 bits per heavy atom. The molecule has 3 heteroatoms. The average Bonchev–Trinajstić information content (AvgIpc) is 2.27. The van der Waals surface area contributed by atoms with E-state index < -0.39 is 6.10 Å². The maximum absolute atomic E-state index is 12.9. The number of ether oxygens (including phenoxy) is 1. The van der Waals surface area contributed by atoms with E-state index in [4.69, 9.17) is 4.74 Å². The Hall–Kier alpha value is -1.09. The Morgan fingerprint density at radius 2 is 2.40 bits per heavy atom. The van der Waals surface area contributed by atoms with Crippen LogP contribution in [0.15, 0.2) is 18.2 Å². The highest BCUT2D eigenvalue weighted by Crippen LogP contribution is 2.29. The molecule has 1 aliphatic heterocycles. The second-order valence-electron chi connectivity index (χ2n) is 3.92. The highest BCUT2D eigenvalue weighted by molar-refractivity contribution is 5.35. The summed E-state index contributed by atoms with van der Waals surface area (Å²) in [5.41, 5.74) is 0.898. The molecule has 0 bridgehead atoms. The topological polar surface area (TPSA) is 29.5 Å². The van der Waals surface area contributed by atoms with Gasteiger partial charge in [0.15, 0.2) is 0 Å². The summed E-state index contributed by atoms with van der Waals surface area (Å²) in [6.07, 6.45) is 1.64. The van der Waals surface area contributed by atoms with Crippen LogP contribution in [0.5, 0.6) is 5.75 Å². The molecule has 0 spiro atoms. The largest absolute Gasteiger partial charge is 0.487 e. The zero-order chi connectivity index (χ0) is 10.8. The predicted molar refractivity (Wildman–Crippen MR) is 55.4 cm³/mol. The van der Waals surface area contributed by atoms with Crippen molar-refractivity contribution in [1.29, 1.82) is 0 Å². The molecule has 1 heterocycles. The number of aryl methyl sites for hydroxylation is 1. The Morgan fingerprint density at radius 1 is 1.60 bits per heavy atom. The zero-order valence-electron chi connectivity index (χ0n) is 8.74. The molecule has 2 atom stereocenters. The minimum atomic E-state index is -0.428. The van der Waals surface area contributed by atoms with Crippen molar-refractivity contribution >= 4 is 0 Å². The van der Waals surface area contributed by atoms with Crippen molar-refractivity contribution in [2.24, 2.45) is 0 Å². The summed E-state index contributed by atoms with van der Waals surface area (Å²) in [6, 6.07) is 4.53. The highest BCUT2D eigenvalue weighted by Gasteiger charge is 2.25. The van der Waals surface area contributed by atoms with Crippen molar-refractivity contribution in [2.45, 2.75) is 38.4 Å². The number of rotatable bonds is 2. The first-order valence-corrected chi connectivity index (χ1v) is 5.34. The normalized spacial score (nSPS) is 21.7. The molecule has 15 heavy (non-hydrogen) atoms. The number of aliphatic hydroxyl groups is 1. The lowest BCUT2D eigenvalue weighted by Crippen LogP contribution is -2.34. The van der Waals surface area contributed by atoms with E-state index in [1.54, 1.807) is 6.07 Å². The summed E-state index contributed by atoms with van der Waals surface area (Å²) >= 11 is 0. The van der Waals surface area contributed by atoms with Gasteiger partial charge in [-0.15, -0.1) is 0 Å². The fraction of sp³-hybridized carbons (Fsp3) is 0.500. The fourth-order valence-electron chi connectivity index (χ4n) is 1.91. The van der Waals surface area contributed by atoms with Gasteiger partial charge in [0.25, 0.3) is 0 Å². The number of benzene rings is 1. The maximum atomic E-state index is 12.9. The van der Waals surface area contributed by atoms with Crippen LogP contribution in [0.4, 0.5) is 4.39 Å². The van der Waals surface area contributed by atoms with E-state index in [9.17, 15) is 9.50 Å². The molecule has 0 radical (unpaired) electrons. The van der Waals surface area contributed by atoms with Crippen LogP contribution in [0, 0.1) is 5.82 Å². The molecule has 2 rings (SSSR count). The second kappa shape index (κ2) is 4.19. The van der Waals surface area contributed by atoms with Gasteiger partial charge in [0.05, 0.1) is 6.10 Å². The van der Waals surface area contributed by atoms with E-state index >= 15 is 0 Å². The second-order valence-corrected chi connectivity index (χ2v) is 3.92. The summed E-state index contributed by atoms with van der Waals surface area (Å²) in [4.78, 5) is 0. The number of halogens is 1. The molecular weight excluding hydrogens is 195 g/mol. The Balaban J connectivity index is 2.16. The first kappa shape index (κ1) is 10.4. The zero-order valence-corrected chi connectivity index (χ0v) is 8.74. The van der Waals surface area contributed by atoms with Crippen LogP contribution in [-0.2, 0) is 6.42 Å². The Bertz CT molecular complexity index is 351. The first-order valence-electron chi connectivity index (χ1n) is 5.34. The van der Waals surface area contributed by atoms with Crippen LogP contribution in [0.1, 0.15) is 25.3 Å². The van der Waals surface area contributed by atoms with E-state index in [0.29, 0.717) is 12.2 Å². The van der Waals surface area contributed by atoms with Crippen molar-refractivity contribution in [2.75, 3.05) is 0 Å². The molecule has 1 aromatic carbocycles. The molecule has 0 aliphatic carbocycles. The monoisotopic (exact) mass is 210 g/mol. The lowest BCUT2D eigenvalue weighted by atomic mass is 9.98. The number of aliphatic hydroxyl groups excluding tert-OH is 1. The average molecular weight is 210 g/mol. The van der Waals surface area contributed by atoms with Gasteiger partial charge in [0.2, 0.25) is 0 Å². The Kier molecular flexibility index (Phi) is 2.91. The molecule has 0 saturated heterocycles. The molecular formula is C12H15FO2. The van der Waals surface area contributed by atoms with Crippen molar-refractivity contribution in [3.63, 3.8) is 0 Å². The van der Waals surface area contributed by atoms with Crippen LogP contribution in [0.2, 0.25) is 0 Å². The van der Waals surface area contributed by atoms with E-state index in [1.807, 2.05) is 6.92 Å². The van der Waals surface area contributed by atoms with Gasteiger partial charge in [0.1, 0.15) is 17.7 Å². The lowest BCUT2D eigenvalue weighted by molar-refractivity contribution is 0.0219. The molecule has 0 amide bonds. The first-order chi connectivity index (χ1) is 7.20. The maximum Gasteiger partial charge on any atom is 0.125 e. The molecule has 1 aliphatic rings. The number of hydrogen-bond acceptors (Lipinski definition) is 2. The SMILES string of the molecule is CC[C@@H](O)C1CCc2cc(F)ccc2O1. The van der Waals surface area contributed by atoms with E-state index in [0.717, 1.165) is 18.4 Å². The molecule has 2 nitrogen and oxygen atoms in total. The van der Waals surface area contributed by atoms with Gasteiger partial charge in [0, 0.05) is 0 Å².